The van der Waals surface area contributed by atoms with Crippen molar-refractivity contribution in [3.8, 4) is 5.69 Å². The highest BCUT2D eigenvalue weighted by Gasteiger charge is 2.11. The van der Waals surface area contributed by atoms with E-state index < -0.39 is 0 Å². The number of hydrogen-bond donors (Lipinski definition) is 1. The van der Waals surface area contributed by atoms with Crippen LogP contribution in [0.3, 0.4) is 0 Å². The van der Waals surface area contributed by atoms with Crippen molar-refractivity contribution in [2.24, 2.45) is 0 Å². The number of carbonyl (C=O) groups is 1. The van der Waals surface area contributed by atoms with Gasteiger partial charge in [0, 0.05) is 18.0 Å². The quantitative estimate of drug-likeness (QED) is 0.771. The number of aromatic nitrogens is 2. The van der Waals surface area contributed by atoms with Crippen LogP contribution in [0.5, 0.6) is 0 Å². The van der Waals surface area contributed by atoms with Crippen molar-refractivity contribution in [3.05, 3.63) is 76.8 Å². The van der Waals surface area contributed by atoms with Crippen LogP contribution >= 0.6 is 23.2 Å². The molecule has 0 saturated heterocycles. The van der Waals surface area contributed by atoms with Crippen LogP contribution in [0.25, 0.3) is 5.69 Å². The van der Waals surface area contributed by atoms with Gasteiger partial charge in [-0.2, -0.15) is 0 Å². The standard InChI is InChI=1S/C16H11Cl2N3O/c17-12-6-5-11(9-13(12)18)16(22)20-14-3-1-2-4-15(14)21-8-7-19-10-21/h1-10H,(H,20,22). The molecule has 4 nitrogen and oxygen atoms in total. The van der Waals surface area contributed by atoms with Gasteiger partial charge in [0.05, 0.1) is 27.7 Å². The monoisotopic (exact) mass is 331 g/mol. The summed E-state index contributed by atoms with van der Waals surface area (Å²) in [5, 5.41) is 3.63. The van der Waals surface area contributed by atoms with E-state index in [0.717, 1.165) is 5.69 Å². The van der Waals surface area contributed by atoms with Gasteiger partial charge in [-0.05, 0) is 30.3 Å². The number of anilines is 1. The SMILES string of the molecule is O=C(Nc1ccccc1-n1ccnc1)c1ccc(Cl)c(Cl)c1. The molecule has 0 aliphatic heterocycles. The number of imidazole rings is 1. The van der Waals surface area contributed by atoms with Gasteiger partial charge in [-0.1, -0.05) is 35.3 Å². The number of halogens is 2. The molecule has 6 heteroatoms. The van der Waals surface area contributed by atoms with Gasteiger partial charge >= 0.3 is 0 Å². The van der Waals surface area contributed by atoms with E-state index in [2.05, 4.69) is 10.3 Å². The smallest absolute Gasteiger partial charge is 0.255 e. The average Bonchev–Trinajstić information content (AvgIpc) is 3.04. The van der Waals surface area contributed by atoms with Crippen molar-refractivity contribution >= 4 is 34.8 Å². The molecule has 3 aromatic rings. The molecule has 1 N–H and O–H groups in total. The van der Waals surface area contributed by atoms with Gasteiger partial charge < -0.3 is 9.88 Å². The van der Waals surface area contributed by atoms with E-state index in [0.29, 0.717) is 21.3 Å². The molecule has 0 bridgehead atoms. The molecule has 2 aromatic carbocycles. The summed E-state index contributed by atoms with van der Waals surface area (Å²) in [6.45, 7) is 0. The Morgan fingerprint density at radius 3 is 2.64 bits per heavy atom. The highest BCUT2D eigenvalue weighted by Crippen LogP contribution is 2.24. The molecule has 0 atom stereocenters. The highest BCUT2D eigenvalue weighted by atomic mass is 35.5. The Balaban J connectivity index is 1.90. The minimum absolute atomic E-state index is 0.258. The van der Waals surface area contributed by atoms with E-state index in [9.17, 15) is 4.79 Å². The molecule has 0 aliphatic carbocycles. The summed E-state index contributed by atoms with van der Waals surface area (Å²) in [5.41, 5.74) is 1.94. The van der Waals surface area contributed by atoms with Gasteiger partial charge in [0.1, 0.15) is 0 Å². The van der Waals surface area contributed by atoms with Crippen LogP contribution < -0.4 is 5.32 Å². The first-order valence-corrected chi connectivity index (χ1v) is 7.24. The maximum atomic E-state index is 12.4. The van der Waals surface area contributed by atoms with Gasteiger partial charge in [-0.15, -0.1) is 0 Å². The fraction of sp³-hybridized carbons (Fsp3) is 0. The number of carbonyl (C=O) groups excluding carboxylic acids is 1. The highest BCUT2D eigenvalue weighted by molar-refractivity contribution is 6.42. The zero-order valence-electron chi connectivity index (χ0n) is 11.3. The number of rotatable bonds is 3. The molecule has 0 saturated carbocycles. The molecule has 0 unspecified atom stereocenters. The second-order valence-electron chi connectivity index (χ2n) is 4.57. The van der Waals surface area contributed by atoms with Crippen LogP contribution in [-0.4, -0.2) is 15.5 Å². The van der Waals surface area contributed by atoms with E-state index in [1.807, 2.05) is 35.0 Å². The third-order valence-corrected chi connectivity index (χ3v) is 3.86. The first kappa shape index (κ1) is 14.6. The third-order valence-electron chi connectivity index (χ3n) is 3.12. The maximum Gasteiger partial charge on any atom is 0.255 e. The fourth-order valence-corrected chi connectivity index (χ4v) is 2.34. The molecule has 0 radical (unpaired) electrons. The van der Waals surface area contributed by atoms with E-state index in [1.165, 1.54) is 0 Å². The van der Waals surface area contributed by atoms with Crippen LogP contribution in [-0.2, 0) is 0 Å². The number of nitrogens with one attached hydrogen (secondary N) is 1. The molecule has 0 fully saturated rings. The molecule has 1 heterocycles. The second-order valence-corrected chi connectivity index (χ2v) is 5.38. The van der Waals surface area contributed by atoms with Gasteiger partial charge in [0.15, 0.2) is 0 Å². The molecule has 1 aromatic heterocycles. The van der Waals surface area contributed by atoms with E-state index in [4.69, 9.17) is 23.2 Å². The minimum atomic E-state index is -0.258. The van der Waals surface area contributed by atoms with Crippen LogP contribution in [0.1, 0.15) is 10.4 Å². The summed E-state index contributed by atoms with van der Waals surface area (Å²) in [6, 6.07) is 12.2. The summed E-state index contributed by atoms with van der Waals surface area (Å²) < 4.78 is 1.82. The molecule has 0 spiro atoms. The van der Waals surface area contributed by atoms with E-state index in [1.54, 1.807) is 30.7 Å². The Bertz CT molecular complexity index is 816. The fourth-order valence-electron chi connectivity index (χ4n) is 2.04. The Morgan fingerprint density at radius 1 is 1.09 bits per heavy atom. The lowest BCUT2D eigenvalue weighted by Gasteiger charge is -2.11. The van der Waals surface area contributed by atoms with Crippen molar-refractivity contribution in [2.75, 3.05) is 5.32 Å². The lowest BCUT2D eigenvalue weighted by Crippen LogP contribution is -2.13. The molecular weight excluding hydrogens is 321 g/mol. The van der Waals surface area contributed by atoms with Crippen molar-refractivity contribution in [2.45, 2.75) is 0 Å². The second kappa shape index (κ2) is 6.22. The molecule has 22 heavy (non-hydrogen) atoms. The Morgan fingerprint density at radius 2 is 1.91 bits per heavy atom. The van der Waals surface area contributed by atoms with Crippen molar-refractivity contribution in [1.29, 1.82) is 0 Å². The topological polar surface area (TPSA) is 46.9 Å². The van der Waals surface area contributed by atoms with Crippen molar-refractivity contribution in [1.82, 2.24) is 9.55 Å². The third kappa shape index (κ3) is 2.98. The minimum Gasteiger partial charge on any atom is -0.320 e. The molecule has 0 aliphatic rings. The molecule has 3 rings (SSSR count). The largest absolute Gasteiger partial charge is 0.320 e. The lowest BCUT2D eigenvalue weighted by atomic mass is 10.2. The summed E-state index contributed by atoms with van der Waals surface area (Å²) in [6.07, 6.45) is 5.16. The summed E-state index contributed by atoms with van der Waals surface area (Å²) in [7, 11) is 0. The lowest BCUT2D eigenvalue weighted by molar-refractivity contribution is 0.102. The molecule has 1 amide bonds. The van der Waals surface area contributed by atoms with Crippen LogP contribution in [0.15, 0.2) is 61.2 Å². The number of benzene rings is 2. The molecular formula is C16H11Cl2N3O. The first-order valence-electron chi connectivity index (χ1n) is 6.49. The zero-order valence-corrected chi connectivity index (χ0v) is 12.8. The Kier molecular flexibility index (Phi) is 4.13. The predicted octanol–water partition coefficient (Wildman–Crippen LogP) is 4.43. The normalized spacial score (nSPS) is 10.5. The molecule has 110 valence electrons. The number of hydrogen-bond acceptors (Lipinski definition) is 2. The van der Waals surface area contributed by atoms with E-state index >= 15 is 0 Å². The van der Waals surface area contributed by atoms with Gasteiger partial charge in [0.2, 0.25) is 0 Å². The summed E-state index contributed by atoms with van der Waals surface area (Å²) in [5.74, 6) is -0.258. The van der Waals surface area contributed by atoms with Gasteiger partial charge in [-0.3, -0.25) is 4.79 Å². The van der Waals surface area contributed by atoms with Crippen LogP contribution in [0.2, 0.25) is 10.0 Å². The summed E-state index contributed by atoms with van der Waals surface area (Å²) in [4.78, 5) is 16.4. The average molecular weight is 332 g/mol. The van der Waals surface area contributed by atoms with Crippen LogP contribution in [0.4, 0.5) is 5.69 Å². The Labute approximate surface area is 137 Å². The van der Waals surface area contributed by atoms with Gasteiger partial charge in [0.25, 0.3) is 5.91 Å². The Hall–Kier alpha value is -2.30. The van der Waals surface area contributed by atoms with Crippen LogP contribution in [0, 0.1) is 0 Å². The van der Waals surface area contributed by atoms with E-state index in [-0.39, 0.29) is 5.91 Å². The first-order chi connectivity index (χ1) is 10.6. The van der Waals surface area contributed by atoms with Crippen molar-refractivity contribution < 1.29 is 4.79 Å². The number of para-hydroxylation sites is 2. The number of nitrogens with zero attached hydrogens (tertiary/aromatic N) is 2. The van der Waals surface area contributed by atoms with Crippen molar-refractivity contribution in [3.63, 3.8) is 0 Å². The maximum absolute atomic E-state index is 12.4. The summed E-state index contributed by atoms with van der Waals surface area (Å²) >= 11 is 11.8. The predicted molar refractivity (Wildman–Crippen MR) is 88.0 cm³/mol. The number of amides is 1. The zero-order chi connectivity index (χ0) is 15.5. The van der Waals surface area contributed by atoms with Gasteiger partial charge in [-0.25, -0.2) is 4.98 Å².